The lowest BCUT2D eigenvalue weighted by molar-refractivity contribution is 0.0697. The van der Waals surface area contributed by atoms with Crippen molar-refractivity contribution >= 4 is 30.4 Å². The fourth-order valence-corrected chi connectivity index (χ4v) is 4.77. The van der Waals surface area contributed by atoms with E-state index in [9.17, 15) is 9.90 Å². The van der Waals surface area contributed by atoms with Gasteiger partial charge in [-0.3, -0.25) is 0 Å². The third-order valence-corrected chi connectivity index (χ3v) is 6.98. The largest absolute Gasteiger partial charge is 0.508 e. The molecule has 0 aliphatic heterocycles. The number of carbonyl (C=O) groups is 1. The molecule has 9 heteroatoms. The van der Waals surface area contributed by atoms with Crippen LogP contribution in [-0.4, -0.2) is 36.4 Å². The van der Waals surface area contributed by atoms with E-state index in [-0.39, 0.29) is 11.3 Å². The highest BCUT2D eigenvalue weighted by Gasteiger charge is 2.15. The molecule has 2 aromatic carbocycles. The Morgan fingerprint density at radius 2 is 1.70 bits per heavy atom. The number of aryl methyl sites for hydroxylation is 1. The molecule has 0 radical (unpaired) electrons. The second-order valence-corrected chi connectivity index (χ2v) is 9.49. The van der Waals surface area contributed by atoms with Gasteiger partial charge >= 0.3 is 5.97 Å². The first-order valence-corrected chi connectivity index (χ1v) is 12.6. The molecular weight excluding hydrogens is 456 g/mol. The van der Waals surface area contributed by atoms with Gasteiger partial charge in [-0.1, -0.05) is 51.9 Å². The van der Waals surface area contributed by atoms with Crippen LogP contribution in [0.4, 0.5) is 0 Å². The first-order valence-electron chi connectivity index (χ1n) is 11.3. The van der Waals surface area contributed by atoms with Crippen LogP contribution in [0.2, 0.25) is 0 Å². The van der Waals surface area contributed by atoms with Gasteiger partial charge in [0.25, 0.3) is 0 Å². The van der Waals surface area contributed by atoms with Crippen molar-refractivity contribution in [1.82, 2.24) is 20.2 Å². The number of phenols is 1. The highest BCUT2D eigenvalue weighted by molar-refractivity contribution is 7.99. The average molecular weight is 487 g/mol. The van der Waals surface area contributed by atoms with E-state index in [2.05, 4.69) is 35.1 Å². The lowest BCUT2D eigenvalue weighted by Gasteiger charge is -2.11. The monoisotopic (exact) mass is 486 g/mol. The molecule has 1 heterocycles. The van der Waals surface area contributed by atoms with E-state index < -0.39 is 5.97 Å². The minimum absolute atomic E-state index is 0.190. The van der Waals surface area contributed by atoms with Gasteiger partial charge in [0.1, 0.15) is 5.75 Å². The van der Waals surface area contributed by atoms with Gasteiger partial charge in [-0.25, -0.2) is 4.79 Å². The van der Waals surface area contributed by atoms with Gasteiger partial charge in [0, 0.05) is 9.79 Å². The molecule has 0 atom stereocenters. The number of aromatic nitrogens is 4. The van der Waals surface area contributed by atoms with Crippen molar-refractivity contribution in [2.24, 2.45) is 0 Å². The minimum Gasteiger partial charge on any atom is -0.508 e. The Labute approximate surface area is 204 Å². The van der Waals surface area contributed by atoms with Crippen LogP contribution in [0.15, 0.2) is 51.3 Å². The predicted molar refractivity (Wildman–Crippen MR) is 132 cm³/mol. The quantitative estimate of drug-likeness (QED) is 0.196. The number of unbranched alkanes of at least 4 members (excludes halogenated alkanes) is 7. The van der Waals surface area contributed by atoms with E-state index in [0.29, 0.717) is 10.8 Å². The Hall–Kier alpha value is -2.52. The molecule has 1 aromatic heterocycles. The normalized spacial score (nSPS) is 11.1. The summed E-state index contributed by atoms with van der Waals surface area (Å²) in [6, 6.07) is 9.93. The predicted octanol–water partition coefficient (Wildman–Crippen LogP) is 6.19. The zero-order valence-corrected chi connectivity index (χ0v) is 20.5. The van der Waals surface area contributed by atoms with E-state index in [0.717, 1.165) is 28.2 Å². The van der Waals surface area contributed by atoms with Crippen LogP contribution < -0.4 is 0 Å². The van der Waals surface area contributed by atoms with E-state index in [1.807, 2.05) is 6.07 Å². The number of carboxylic acid groups (broad SMARTS) is 1. The summed E-state index contributed by atoms with van der Waals surface area (Å²) in [5.74, 6) is -0.738. The standard InChI is InChI=1S/C24H30N4O3S2/c1-2-3-4-5-6-7-8-9-10-18-15-21(32)22(16-20(18)29)33-24-25-26-27-28(24)19-13-11-17(12-14-19)23(30)31/h11-16,29,32H,2-10H2,1H3,(H,30,31). The molecule has 0 fully saturated rings. The Balaban J connectivity index is 1.60. The highest BCUT2D eigenvalue weighted by Crippen LogP contribution is 2.36. The van der Waals surface area contributed by atoms with Crippen LogP contribution in [-0.2, 0) is 6.42 Å². The second kappa shape index (κ2) is 12.6. The number of phenolic OH excluding ortho intramolecular Hbond substituents is 1. The zero-order chi connectivity index (χ0) is 23.6. The third kappa shape index (κ3) is 7.23. The van der Waals surface area contributed by atoms with Gasteiger partial charge in [-0.15, -0.1) is 17.7 Å². The Morgan fingerprint density at radius 3 is 2.36 bits per heavy atom. The van der Waals surface area contributed by atoms with Crippen LogP contribution in [0.1, 0.15) is 74.2 Å². The van der Waals surface area contributed by atoms with Crippen LogP contribution in [0.5, 0.6) is 5.75 Å². The summed E-state index contributed by atoms with van der Waals surface area (Å²) in [5, 5.41) is 31.9. The van der Waals surface area contributed by atoms with Gasteiger partial charge in [-0.05, 0) is 77.0 Å². The molecule has 33 heavy (non-hydrogen) atoms. The number of carboxylic acids is 1. The lowest BCUT2D eigenvalue weighted by atomic mass is 10.0. The number of tetrazole rings is 1. The lowest BCUT2D eigenvalue weighted by Crippen LogP contribution is -2.01. The average Bonchev–Trinajstić information content (AvgIpc) is 3.26. The van der Waals surface area contributed by atoms with Crippen LogP contribution in [0, 0.1) is 0 Å². The molecule has 0 spiro atoms. The van der Waals surface area contributed by atoms with Gasteiger partial charge in [0.05, 0.1) is 11.3 Å². The molecule has 0 aliphatic carbocycles. The first-order chi connectivity index (χ1) is 16.0. The van der Waals surface area contributed by atoms with Crippen LogP contribution in [0.3, 0.4) is 0 Å². The number of benzene rings is 2. The van der Waals surface area contributed by atoms with Crippen molar-refractivity contribution in [3.8, 4) is 11.4 Å². The molecule has 7 nitrogen and oxygen atoms in total. The summed E-state index contributed by atoms with van der Waals surface area (Å²) in [4.78, 5) is 12.6. The number of aromatic hydroxyl groups is 1. The first kappa shape index (κ1) is 25.1. The van der Waals surface area contributed by atoms with Gasteiger partial charge in [0.2, 0.25) is 5.16 Å². The summed E-state index contributed by atoms with van der Waals surface area (Å²) < 4.78 is 1.52. The number of hydrogen-bond donors (Lipinski definition) is 3. The van der Waals surface area contributed by atoms with E-state index >= 15 is 0 Å². The van der Waals surface area contributed by atoms with Crippen LogP contribution in [0.25, 0.3) is 5.69 Å². The van der Waals surface area contributed by atoms with Gasteiger partial charge in [0.15, 0.2) is 0 Å². The maximum Gasteiger partial charge on any atom is 0.335 e. The van der Waals surface area contributed by atoms with Gasteiger partial charge in [-0.2, -0.15) is 4.68 Å². The molecule has 3 aromatic rings. The molecule has 0 saturated heterocycles. The van der Waals surface area contributed by atoms with E-state index in [1.54, 1.807) is 18.2 Å². The maximum absolute atomic E-state index is 11.1. The topological polar surface area (TPSA) is 101 Å². The number of aromatic carboxylic acids is 1. The molecule has 0 saturated carbocycles. The summed E-state index contributed by atoms with van der Waals surface area (Å²) in [5.41, 5.74) is 1.73. The summed E-state index contributed by atoms with van der Waals surface area (Å²) in [6.45, 7) is 2.23. The second-order valence-electron chi connectivity index (χ2n) is 8.00. The van der Waals surface area contributed by atoms with Crippen molar-refractivity contribution in [3.63, 3.8) is 0 Å². The molecule has 3 rings (SSSR count). The molecule has 0 bridgehead atoms. The zero-order valence-electron chi connectivity index (χ0n) is 18.8. The highest BCUT2D eigenvalue weighted by atomic mass is 32.2. The minimum atomic E-state index is -0.991. The molecule has 0 unspecified atom stereocenters. The summed E-state index contributed by atoms with van der Waals surface area (Å²) in [7, 11) is 0. The number of hydrogen-bond acceptors (Lipinski definition) is 7. The van der Waals surface area contributed by atoms with Crippen molar-refractivity contribution in [2.45, 2.75) is 79.7 Å². The SMILES string of the molecule is CCCCCCCCCCc1cc(S)c(Sc2nnnn2-c2ccc(C(=O)O)cc2)cc1O. The van der Waals surface area contributed by atoms with Crippen molar-refractivity contribution in [1.29, 1.82) is 0 Å². The number of rotatable bonds is 13. The molecule has 0 aliphatic rings. The van der Waals surface area contributed by atoms with Gasteiger partial charge < -0.3 is 10.2 Å². The summed E-state index contributed by atoms with van der Waals surface area (Å²) in [6.07, 6.45) is 10.8. The molecular formula is C24H30N4O3S2. The van der Waals surface area contributed by atoms with E-state index in [4.69, 9.17) is 5.11 Å². The maximum atomic E-state index is 11.1. The molecule has 176 valence electrons. The third-order valence-electron chi connectivity index (χ3n) is 5.46. The Bertz CT molecular complexity index is 1050. The fourth-order valence-electron chi connectivity index (χ4n) is 3.58. The smallest absolute Gasteiger partial charge is 0.335 e. The number of nitrogens with zero attached hydrogens (tertiary/aromatic N) is 4. The Morgan fingerprint density at radius 1 is 1.03 bits per heavy atom. The fraction of sp³-hybridized carbons (Fsp3) is 0.417. The number of thiol groups is 1. The van der Waals surface area contributed by atoms with Crippen LogP contribution >= 0.6 is 24.4 Å². The van der Waals surface area contributed by atoms with Crippen molar-refractivity contribution < 1.29 is 15.0 Å². The van der Waals surface area contributed by atoms with Crippen molar-refractivity contribution in [2.75, 3.05) is 0 Å². The van der Waals surface area contributed by atoms with E-state index in [1.165, 1.54) is 73.5 Å². The van der Waals surface area contributed by atoms with Crippen molar-refractivity contribution in [3.05, 3.63) is 47.5 Å². The molecule has 2 N–H and O–H groups in total. The molecule has 0 amide bonds. The Kier molecular flexibility index (Phi) is 9.62. The summed E-state index contributed by atoms with van der Waals surface area (Å²) >= 11 is 5.91.